The minimum atomic E-state index is -4.72. The number of hydrogen-bond donors (Lipinski definition) is 3. The zero-order chi connectivity index (χ0) is 20.1. The van der Waals surface area contributed by atoms with Gasteiger partial charge in [0.1, 0.15) is 17.3 Å². The Hall–Kier alpha value is -2.07. The molecule has 1 heterocycles. The van der Waals surface area contributed by atoms with Crippen molar-refractivity contribution in [3.8, 4) is 5.88 Å². The molecule has 0 spiro atoms. The van der Waals surface area contributed by atoms with Crippen molar-refractivity contribution in [2.75, 3.05) is 13.7 Å². The van der Waals surface area contributed by atoms with E-state index in [1.165, 1.54) is 0 Å². The van der Waals surface area contributed by atoms with Crippen LogP contribution in [0.15, 0.2) is 12.3 Å². The Morgan fingerprint density at radius 1 is 1.31 bits per heavy atom. The minimum absolute atomic E-state index is 0.0388. The Balaban J connectivity index is 2.71. The van der Waals surface area contributed by atoms with Crippen molar-refractivity contribution in [3.05, 3.63) is 23.4 Å². The molecule has 0 fully saturated rings. The summed E-state index contributed by atoms with van der Waals surface area (Å²) in [6, 6.07) is 0.668. The van der Waals surface area contributed by atoms with Gasteiger partial charge in [-0.1, -0.05) is 0 Å². The van der Waals surface area contributed by atoms with E-state index in [1.807, 2.05) is 0 Å². The lowest BCUT2D eigenvalue weighted by atomic mass is 10.0. The summed E-state index contributed by atoms with van der Waals surface area (Å²) in [6.45, 7) is 5.00. The first-order chi connectivity index (χ1) is 11.8. The lowest BCUT2D eigenvalue weighted by Gasteiger charge is -2.21. The number of carbonyl (C=O) groups excluding carboxylic acids is 1. The number of methoxy groups -OCH3 is 1. The van der Waals surface area contributed by atoms with Crippen LogP contribution in [0.3, 0.4) is 0 Å². The first kappa shape index (κ1) is 22.0. The van der Waals surface area contributed by atoms with Gasteiger partial charge in [0.25, 0.3) is 0 Å². The Kier molecular flexibility index (Phi) is 7.22. The van der Waals surface area contributed by atoms with Crippen LogP contribution in [0.25, 0.3) is 0 Å². The fourth-order valence-electron chi connectivity index (χ4n) is 2.01. The third-order valence-electron chi connectivity index (χ3n) is 3.19. The summed E-state index contributed by atoms with van der Waals surface area (Å²) in [7, 11) is 1.05. The molecule has 0 aromatic carbocycles. The van der Waals surface area contributed by atoms with Crippen molar-refractivity contribution in [2.45, 2.75) is 51.2 Å². The van der Waals surface area contributed by atoms with Gasteiger partial charge in [-0.05, 0) is 33.3 Å². The monoisotopic (exact) mass is 380 g/mol. The third-order valence-corrected chi connectivity index (χ3v) is 3.19. The average molecular weight is 380 g/mol. The number of rotatable bonds is 6. The first-order valence-electron chi connectivity index (χ1n) is 7.79. The highest BCUT2D eigenvalue weighted by Crippen LogP contribution is 2.36. The topological polar surface area (TPSA) is 101 Å². The van der Waals surface area contributed by atoms with Gasteiger partial charge in [0.05, 0.1) is 13.2 Å². The molecule has 1 rings (SSSR count). The van der Waals surface area contributed by atoms with Crippen molar-refractivity contribution < 1.29 is 37.7 Å². The van der Waals surface area contributed by atoms with Crippen LogP contribution in [-0.2, 0) is 10.9 Å². The lowest BCUT2D eigenvalue weighted by Crippen LogP contribution is -2.34. The van der Waals surface area contributed by atoms with Gasteiger partial charge in [-0.15, -0.1) is 0 Å². The van der Waals surface area contributed by atoms with Gasteiger partial charge in [-0.2, -0.15) is 13.2 Å². The highest BCUT2D eigenvalue weighted by molar-refractivity contribution is 5.67. The number of nitrogens with one attached hydrogen (secondary N) is 1. The van der Waals surface area contributed by atoms with Crippen molar-refractivity contribution in [3.63, 3.8) is 0 Å². The summed E-state index contributed by atoms with van der Waals surface area (Å²) in [5.41, 5.74) is -2.07. The predicted octanol–water partition coefficient (Wildman–Crippen LogP) is 2.42. The number of ether oxygens (including phenoxy) is 2. The maximum absolute atomic E-state index is 13.0. The molecule has 2 atom stereocenters. The molecule has 148 valence electrons. The van der Waals surface area contributed by atoms with E-state index in [1.54, 1.807) is 20.8 Å². The number of pyridine rings is 1. The number of aliphatic hydroxyl groups is 2. The normalized spacial score (nSPS) is 14.5. The molecule has 1 amide bonds. The summed E-state index contributed by atoms with van der Waals surface area (Å²) in [5.74, 6) is -0.630. The molecule has 26 heavy (non-hydrogen) atoms. The standard InChI is InChI=1S/C16H23F3N2O5/c1-15(2,3)26-14(24)20-6-5-11(22)12(23)9-7-10(16(17,18)19)13(25-4)21-8-9/h7-8,11-12,22-23H,5-6H2,1-4H3,(H,20,24). The highest BCUT2D eigenvalue weighted by atomic mass is 19.4. The molecule has 10 heteroatoms. The molecule has 3 N–H and O–H groups in total. The Morgan fingerprint density at radius 2 is 1.92 bits per heavy atom. The fourth-order valence-corrected chi connectivity index (χ4v) is 2.01. The van der Waals surface area contributed by atoms with Crippen LogP contribution >= 0.6 is 0 Å². The van der Waals surface area contributed by atoms with E-state index in [0.717, 1.165) is 13.3 Å². The highest BCUT2D eigenvalue weighted by Gasteiger charge is 2.36. The summed E-state index contributed by atoms with van der Waals surface area (Å²) < 4.78 is 48.5. The number of halogens is 3. The van der Waals surface area contributed by atoms with E-state index in [9.17, 15) is 28.2 Å². The summed E-state index contributed by atoms with van der Waals surface area (Å²) in [5, 5.41) is 22.4. The van der Waals surface area contributed by atoms with Crippen molar-refractivity contribution in [1.29, 1.82) is 0 Å². The van der Waals surface area contributed by atoms with Gasteiger partial charge in [0.15, 0.2) is 0 Å². The van der Waals surface area contributed by atoms with E-state index >= 15 is 0 Å². The number of alkyl halides is 3. The van der Waals surface area contributed by atoms with Crippen LogP contribution in [-0.4, -0.2) is 46.6 Å². The van der Waals surface area contributed by atoms with Gasteiger partial charge in [-0.25, -0.2) is 9.78 Å². The second kappa shape index (κ2) is 8.54. The smallest absolute Gasteiger partial charge is 0.421 e. The van der Waals surface area contributed by atoms with Gasteiger partial charge in [0, 0.05) is 18.3 Å². The molecular weight excluding hydrogens is 357 g/mol. The molecule has 0 bridgehead atoms. The molecule has 0 radical (unpaired) electrons. The second-order valence-electron chi connectivity index (χ2n) is 6.55. The molecule has 7 nitrogen and oxygen atoms in total. The molecule has 1 aromatic heterocycles. The maximum Gasteiger partial charge on any atom is 0.421 e. The molecular formula is C16H23F3N2O5. The second-order valence-corrected chi connectivity index (χ2v) is 6.55. The number of carbonyl (C=O) groups is 1. The maximum atomic E-state index is 13.0. The van der Waals surface area contributed by atoms with Crippen molar-refractivity contribution in [2.24, 2.45) is 0 Å². The summed E-state index contributed by atoms with van der Waals surface area (Å²) in [6.07, 6.45) is -7.57. The molecule has 0 aliphatic heterocycles. The zero-order valence-corrected chi connectivity index (χ0v) is 14.9. The summed E-state index contributed by atoms with van der Waals surface area (Å²) >= 11 is 0. The average Bonchev–Trinajstić information content (AvgIpc) is 2.50. The van der Waals surface area contributed by atoms with E-state index in [0.29, 0.717) is 6.07 Å². The van der Waals surface area contributed by atoms with Gasteiger partial charge >= 0.3 is 12.3 Å². The number of alkyl carbamates (subject to hydrolysis) is 1. The van der Waals surface area contributed by atoms with Crippen LogP contribution in [0.4, 0.5) is 18.0 Å². The van der Waals surface area contributed by atoms with E-state index in [2.05, 4.69) is 15.0 Å². The lowest BCUT2D eigenvalue weighted by molar-refractivity contribution is -0.139. The van der Waals surface area contributed by atoms with E-state index in [-0.39, 0.29) is 18.5 Å². The predicted molar refractivity (Wildman–Crippen MR) is 85.6 cm³/mol. The van der Waals surface area contributed by atoms with Crippen molar-refractivity contribution >= 4 is 6.09 Å². The fraction of sp³-hybridized carbons (Fsp3) is 0.625. The zero-order valence-electron chi connectivity index (χ0n) is 14.9. The number of amides is 1. The number of aliphatic hydroxyl groups excluding tert-OH is 2. The van der Waals surface area contributed by atoms with Crippen LogP contribution in [0.2, 0.25) is 0 Å². The molecule has 1 aromatic rings. The van der Waals surface area contributed by atoms with Crippen molar-refractivity contribution in [1.82, 2.24) is 10.3 Å². The quantitative estimate of drug-likeness (QED) is 0.701. The number of nitrogens with zero attached hydrogens (tertiary/aromatic N) is 1. The Bertz CT molecular complexity index is 617. The first-order valence-corrected chi connectivity index (χ1v) is 7.79. The minimum Gasteiger partial charge on any atom is -0.481 e. The molecule has 0 saturated heterocycles. The Morgan fingerprint density at radius 3 is 2.42 bits per heavy atom. The van der Waals surface area contributed by atoms with Crippen LogP contribution in [0.1, 0.15) is 44.4 Å². The molecule has 2 unspecified atom stereocenters. The van der Waals surface area contributed by atoms with E-state index < -0.39 is 41.5 Å². The van der Waals surface area contributed by atoms with Gasteiger partial charge in [-0.3, -0.25) is 0 Å². The van der Waals surface area contributed by atoms with E-state index in [4.69, 9.17) is 4.74 Å². The van der Waals surface area contributed by atoms with Crippen LogP contribution in [0.5, 0.6) is 5.88 Å². The van der Waals surface area contributed by atoms with Gasteiger partial charge < -0.3 is 25.0 Å². The molecule has 0 aliphatic rings. The molecule has 0 aliphatic carbocycles. The van der Waals surface area contributed by atoms with Crippen LogP contribution < -0.4 is 10.1 Å². The SMILES string of the molecule is COc1ncc(C(O)C(O)CCNC(=O)OC(C)(C)C)cc1C(F)(F)F. The molecule has 0 saturated carbocycles. The number of hydrogen-bond acceptors (Lipinski definition) is 6. The Labute approximate surface area is 149 Å². The van der Waals surface area contributed by atoms with Gasteiger partial charge in [0.2, 0.25) is 5.88 Å². The largest absolute Gasteiger partial charge is 0.481 e. The number of aromatic nitrogens is 1. The third kappa shape index (κ3) is 6.68. The summed E-state index contributed by atoms with van der Waals surface area (Å²) in [4.78, 5) is 15.0. The van der Waals surface area contributed by atoms with Crippen LogP contribution in [0, 0.1) is 0 Å².